The van der Waals surface area contributed by atoms with Crippen LogP contribution in [0.15, 0.2) is 0 Å². The largest absolute Gasteiger partial charge is 0.382 e. The van der Waals surface area contributed by atoms with Crippen molar-refractivity contribution in [3.8, 4) is 0 Å². The number of aryl methyl sites for hydroxylation is 1. The van der Waals surface area contributed by atoms with Crippen molar-refractivity contribution < 1.29 is 0 Å². The van der Waals surface area contributed by atoms with Gasteiger partial charge in [0.05, 0.1) is 5.69 Å². The number of anilines is 2. The van der Waals surface area contributed by atoms with Gasteiger partial charge in [0, 0.05) is 0 Å². The van der Waals surface area contributed by atoms with E-state index in [1.165, 1.54) is 0 Å². The van der Waals surface area contributed by atoms with Crippen molar-refractivity contribution in [2.45, 2.75) is 6.92 Å². The summed E-state index contributed by atoms with van der Waals surface area (Å²) in [7, 11) is 0. The lowest BCUT2D eigenvalue weighted by atomic mass is 10.4. The third-order valence-corrected chi connectivity index (χ3v) is 1.53. The van der Waals surface area contributed by atoms with Crippen LogP contribution in [0.25, 0.3) is 0 Å². The number of halogens is 1. The first-order chi connectivity index (χ1) is 4.61. The number of aromatic nitrogens is 2. The summed E-state index contributed by atoms with van der Waals surface area (Å²) in [5, 5.41) is 0.370. The highest BCUT2D eigenvalue weighted by Crippen LogP contribution is 2.19. The first-order valence-corrected chi connectivity index (χ1v) is 3.04. The molecule has 0 unspecified atom stereocenters. The van der Waals surface area contributed by atoms with Gasteiger partial charge in [-0.15, -0.1) is 0 Å². The third-order valence-electron chi connectivity index (χ3n) is 1.06. The normalized spacial score (nSPS) is 9.80. The molecule has 0 bridgehead atoms. The zero-order chi connectivity index (χ0) is 7.72. The third kappa shape index (κ3) is 1.11. The highest BCUT2D eigenvalue weighted by atomic mass is 35.5. The highest BCUT2D eigenvalue weighted by Gasteiger charge is 2.02. The molecule has 0 radical (unpaired) electrons. The Balaban J connectivity index is 3.31. The van der Waals surface area contributed by atoms with Gasteiger partial charge in [-0.25, -0.2) is 4.98 Å². The summed E-state index contributed by atoms with van der Waals surface area (Å²) in [6.07, 6.45) is 0. The Morgan fingerprint density at radius 2 is 1.90 bits per heavy atom. The number of hydrogen-bond acceptors (Lipinski definition) is 4. The van der Waals surface area contributed by atoms with Crippen LogP contribution in [0.2, 0.25) is 5.02 Å². The zero-order valence-electron chi connectivity index (χ0n) is 5.43. The summed E-state index contributed by atoms with van der Waals surface area (Å²) >= 11 is 5.64. The predicted octanol–water partition coefficient (Wildman–Crippen LogP) is 0.603. The fourth-order valence-corrected chi connectivity index (χ4v) is 0.688. The SMILES string of the molecule is Cc1nc(N)nc(N)c1Cl. The van der Waals surface area contributed by atoms with Crippen LogP contribution in [0.3, 0.4) is 0 Å². The van der Waals surface area contributed by atoms with E-state index in [4.69, 9.17) is 23.1 Å². The summed E-state index contributed by atoms with van der Waals surface area (Å²) in [6, 6.07) is 0. The van der Waals surface area contributed by atoms with E-state index in [1.807, 2.05) is 0 Å². The molecule has 10 heavy (non-hydrogen) atoms. The summed E-state index contributed by atoms with van der Waals surface area (Å²) in [6.45, 7) is 1.72. The van der Waals surface area contributed by atoms with Crippen LogP contribution in [-0.4, -0.2) is 9.97 Å². The smallest absolute Gasteiger partial charge is 0.222 e. The monoisotopic (exact) mass is 158 g/mol. The molecule has 0 saturated heterocycles. The van der Waals surface area contributed by atoms with E-state index in [0.717, 1.165) is 0 Å². The average molecular weight is 159 g/mol. The van der Waals surface area contributed by atoms with Gasteiger partial charge in [-0.05, 0) is 6.92 Å². The second kappa shape index (κ2) is 2.30. The summed E-state index contributed by atoms with van der Waals surface area (Å²) in [4.78, 5) is 7.44. The van der Waals surface area contributed by atoms with Crippen molar-refractivity contribution in [1.82, 2.24) is 9.97 Å². The minimum Gasteiger partial charge on any atom is -0.382 e. The first-order valence-electron chi connectivity index (χ1n) is 2.66. The minimum atomic E-state index is 0.152. The van der Waals surface area contributed by atoms with E-state index in [1.54, 1.807) is 6.92 Å². The average Bonchev–Trinajstić information content (AvgIpc) is 1.82. The Bertz CT molecular complexity index is 237. The van der Waals surface area contributed by atoms with Crippen LogP contribution in [0.1, 0.15) is 5.69 Å². The molecular formula is C5H7ClN4. The standard InChI is InChI=1S/C5H7ClN4/c1-2-3(6)4(7)10-5(8)9-2/h1H3,(H4,7,8,9,10). The van der Waals surface area contributed by atoms with E-state index < -0.39 is 0 Å². The number of nitrogens with two attached hydrogens (primary N) is 2. The number of rotatable bonds is 0. The molecule has 0 saturated carbocycles. The molecule has 0 aliphatic carbocycles. The Kier molecular flexibility index (Phi) is 1.63. The molecule has 0 aliphatic heterocycles. The second-order valence-electron chi connectivity index (χ2n) is 1.87. The molecule has 0 amide bonds. The predicted molar refractivity (Wildman–Crippen MR) is 40.6 cm³/mol. The number of hydrogen-bond donors (Lipinski definition) is 2. The minimum absolute atomic E-state index is 0.152. The van der Waals surface area contributed by atoms with Crippen molar-refractivity contribution in [1.29, 1.82) is 0 Å². The Morgan fingerprint density at radius 3 is 2.40 bits per heavy atom. The Hall–Kier alpha value is -1.03. The summed E-state index contributed by atoms with van der Waals surface area (Å²) < 4.78 is 0. The summed E-state index contributed by atoms with van der Waals surface area (Å²) in [5.41, 5.74) is 11.2. The molecule has 1 heterocycles. The van der Waals surface area contributed by atoms with Gasteiger partial charge in [0.2, 0.25) is 5.95 Å². The van der Waals surface area contributed by atoms with Crippen molar-refractivity contribution in [3.63, 3.8) is 0 Å². The van der Waals surface area contributed by atoms with Crippen LogP contribution in [0, 0.1) is 6.92 Å². The van der Waals surface area contributed by atoms with Crippen molar-refractivity contribution >= 4 is 23.4 Å². The fraction of sp³-hybridized carbons (Fsp3) is 0.200. The quantitative estimate of drug-likeness (QED) is 0.580. The molecule has 54 valence electrons. The lowest BCUT2D eigenvalue weighted by molar-refractivity contribution is 1.13. The molecule has 1 aromatic rings. The topological polar surface area (TPSA) is 77.8 Å². The van der Waals surface area contributed by atoms with Crippen LogP contribution in [0.4, 0.5) is 11.8 Å². The molecule has 4 nitrogen and oxygen atoms in total. The van der Waals surface area contributed by atoms with Gasteiger partial charge >= 0.3 is 0 Å². The Labute approximate surface area is 63.2 Å². The molecule has 0 aliphatic rings. The zero-order valence-corrected chi connectivity index (χ0v) is 6.18. The maximum atomic E-state index is 5.64. The molecule has 0 aromatic carbocycles. The molecule has 1 aromatic heterocycles. The van der Waals surface area contributed by atoms with Crippen LogP contribution in [0.5, 0.6) is 0 Å². The fourth-order valence-electron chi connectivity index (χ4n) is 0.604. The molecule has 5 heteroatoms. The van der Waals surface area contributed by atoms with Crippen molar-refractivity contribution in [2.24, 2.45) is 0 Å². The molecule has 0 spiro atoms. The Morgan fingerprint density at radius 1 is 1.30 bits per heavy atom. The van der Waals surface area contributed by atoms with Gasteiger partial charge in [-0.3, -0.25) is 0 Å². The van der Waals surface area contributed by atoms with Gasteiger partial charge in [0.15, 0.2) is 0 Å². The molecule has 0 atom stereocenters. The van der Waals surface area contributed by atoms with E-state index in [9.17, 15) is 0 Å². The second-order valence-corrected chi connectivity index (χ2v) is 2.24. The maximum Gasteiger partial charge on any atom is 0.222 e. The van der Waals surface area contributed by atoms with Crippen molar-refractivity contribution in [3.05, 3.63) is 10.7 Å². The van der Waals surface area contributed by atoms with Gasteiger partial charge in [-0.2, -0.15) is 4.98 Å². The van der Waals surface area contributed by atoms with E-state index >= 15 is 0 Å². The first kappa shape index (κ1) is 7.08. The molecule has 4 N–H and O–H groups in total. The number of nitrogens with zero attached hydrogens (tertiary/aromatic N) is 2. The maximum absolute atomic E-state index is 5.64. The van der Waals surface area contributed by atoms with Gasteiger partial charge in [-0.1, -0.05) is 11.6 Å². The molecule has 1 rings (SSSR count). The molecule has 0 fully saturated rings. The van der Waals surface area contributed by atoms with E-state index in [2.05, 4.69) is 9.97 Å². The highest BCUT2D eigenvalue weighted by molar-refractivity contribution is 6.33. The van der Waals surface area contributed by atoms with Gasteiger partial charge in [0.25, 0.3) is 0 Å². The van der Waals surface area contributed by atoms with Crippen LogP contribution < -0.4 is 11.5 Å². The van der Waals surface area contributed by atoms with Crippen LogP contribution in [-0.2, 0) is 0 Å². The number of nitrogen functional groups attached to an aromatic ring is 2. The lowest BCUT2D eigenvalue weighted by Gasteiger charge is -2.00. The molecular weight excluding hydrogens is 152 g/mol. The van der Waals surface area contributed by atoms with E-state index in [-0.39, 0.29) is 11.8 Å². The van der Waals surface area contributed by atoms with Gasteiger partial charge < -0.3 is 11.5 Å². The van der Waals surface area contributed by atoms with Gasteiger partial charge in [0.1, 0.15) is 10.8 Å². The van der Waals surface area contributed by atoms with E-state index in [0.29, 0.717) is 10.7 Å². The lowest BCUT2D eigenvalue weighted by Crippen LogP contribution is -2.01. The van der Waals surface area contributed by atoms with Crippen molar-refractivity contribution in [2.75, 3.05) is 11.5 Å². The van der Waals surface area contributed by atoms with Crippen LogP contribution >= 0.6 is 11.6 Å². The summed E-state index contributed by atoms with van der Waals surface area (Å²) in [5.74, 6) is 0.381.